The number of amides is 1. The topological polar surface area (TPSA) is 63.9 Å². The van der Waals surface area contributed by atoms with Crippen molar-refractivity contribution in [3.63, 3.8) is 0 Å². The molecule has 0 saturated carbocycles. The molecule has 0 radical (unpaired) electrons. The van der Waals surface area contributed by atoms with Crippen molar-refractivity contribution in [2.75, 3.05) is 13.1 Å². The molecule has 3 rings (SSSR count). The first-order valence-electron chi connectivity index (χ1n) is 8.50. The normalized spacial score (nSPS) is 17.5. The van der Waals surface area contributed by atoms with Crippen LogP contribution in [0.1, 0.15) is 41.7 Å². The summed E-state index contributed by atoms with van der Waals surface area (Å²) >= 11 is 0. The molecule has 3 heterocycles. The third kappa shape index (κ3) is 3.18. The van der Waals surface area contributed by atoms with Gasteiger partial charge in [0.05, 0.1) is 12.1 Å². The van der Waals surface area contributed by atoms with E-state index in [1.165, 1.54) is 0 Å². The predicted molar refractivity (Wildman–Crippen MR) is 92.2 cm³/mol. The van der Waals surface area contributed by atoms with E-state index in [0.29, 0.717) is 18.3 Å². The fraction of sp³-hybridized carbons (Fsp3) is 0.556. The van der Waals surface area contributed by atoms with Crippen LogP contribution in [0.3, 0.4) is 0 Å². The lowest BCUT2D eigenvalue weighted by Gasteiger charge is -2.16. The zero-order chi connectivity index (χ0) is 17.4. The Kier molecular flexibility index (Phi) is 4.39. The quantitative estimate of drug-likeness (QED) is 0.868. The summed E-state index contributed by atoms with van der Waals surface area (Å²) in [7, 11) is 0. The highest BCUT2D eigenvalue weighted by Crippen LogP contribution is 2.20. The lowest BCUT2D eigenvalue weighted by molar-refractivity contribution is -0.129. The average molecular weight is 327 g/mol. The van der Waals surface area contributed by atoms with Crippen LogP contribution in [0.4, 0.5) is 0 Å². The molecule has 0 aromatic carbocycles. The lowest BCUT2D eigenvalue weighted by atomic mass is 10.1. The van der Waals surface area contributed by atoms with E-state index < -0.39 is 0 Å². The lowest BCUT2D eigenvalue weighted by Crippen LogP contribution is -2.30. The van der Waals surface area contributed by atoms with Crippen LogP contribution in [-0.4, -0.2) is 43.6 Å². The standard InChI is InChI=1S/C18H25N5O/c1-11-6-7-22(10-11)17(24)9-16-14(4)21-23(15(16)5)18-19-12(2)8-13(3)20-18/h8,11H,6-7,9-10H2,1-5H3/t11-/m1/s1. The van der Waals surface area contributed by atoms with Gasteiger partial charge in [0, 0.05) is 35.7 Å². The van der Waals surface area contributed by atoms with E-state index in [4.69, 9.17) is 0 Å². The van der Waals surface area contributed by atoms with Gasteiger partial charge >= 0.3 is 0 Å². The van der Waals surface area contributed by atoms with Crippen LogP contribution in [0.15, 0.2) is 6.07 Å². The number of hydrogen-bond acceptors (Lipinski definition) is 4. The highest BCUT2D eigenvalue weighted by molar-refractivity contribution is 5.79. The number of hydrogen-bond donors (Lipinski definition) is 0. The summed E-state index contributed by atoms with van der Waals surface area (Å²) in [5.41, 5.74) is 4.62. The molecule has 2 aromatic heterocycles. The largest absolute Gasteiger partial charge is 0.342 e. The van der Waals surface area contributed by atoms with Gasteiger partial charge < -0.3 is 4.90 Å². The van der Waals surface area contributed by atoms with Crippen LogP contribution in [0.5, 0.6) is 0 Å². The van der Waals surface area contributed by atoms with E-state index in [2.05, 4.69) is 22.0 Å². The number of aromatic nitrogens is 4. The Labute approximate surface area is 142 Å². The zero-order valence-electron chi connectivity index (χ0n) is 15.1. The molecule has 2 aromatic rings. The summed E-state index contributed by atoms with van der Waals surface area (Å²) in [4.78, 5) is 23.5. The molecule has 0 N–H and O–H groups in total. The van der Waals surface area contributed by atoms with Gasteiger partial charge in [-0.05, 0) is 46.1 Å². The van der Waals surface area contributed by atoms with Gasteiger partial charge in [0.2, 0.25) is 5.91 Å². The number of nitrogens with zero attached hydrogens (tertiary/aromatic N) is 5. The van der Waals surface area contributed by atoms with Gasteiger partial charge in [0.1, 0.15) is 0 Å². The van der Waals surface area contributed by atoms with Gasteiger partial charge in [-0.1, -0.05) is 6.92 Å². The first kappa shape index (κ1) is 16.6. The van der Waals surface area contributed by atoms with Crippen LogP contribution < -0.4 is 0 Å². The molecule has 0 spiro atoms. The summed E-state index contributed by atoms with van der Waals surface area (Å²) in [5.74, 6) is 1.36. The highest BCUT2D eigenvalue weighted by atomic mass is 16.2. The highest BCUT2D eigenvalue weighted by Gasteiger charge is 2.25. The van der Waals surface area contributed by atoms with Gasteiger partial charge in [-0.25, -0.2) is 14.6 Å². The second-order valence-corrected chi connectivity index (χ2v) is 6.92. The fourth-order valence-electron chi connectivity index (χ4n) is 3.35. The Morgan fingerprint density at radius 2 is 1.88 bits per heavy atom. The third-order valence-electron chi connectivity index (χ3n) is 4.71. The van der Waals surface area contributed by atoms with Crippen molar-refractivity contribution >= 4 is 5.91 Å². The van der Waals surface area contributed by atoms with Crippen LogP contribution >= 0.6 is 0 Å². The molecule has 0 aliphatic carbocycles. The monoisotopic (exact) mass is 327 g/mol. The van der Waals surface area contributed by atoms with E-state index >= 15 is 0 Å². The van der Waals surface area contributed by atoms with Crippen LogP contribution in [0.2, 0.25) is 0 Å². The van der Waals surface area contributed by atoms with Crippen molar-refractivity contribution < 1.29 is 4.79 Å². The minimum absolute atomic E-state index is 0.187. The minimum Gasteiger partial charge on any atom is -0.342 e. The Hall–Kier alpha value is -2.24. The van der Waals surface area contributed by atoms with E-state index in [1.807, 2.05) is 38.7 Å². The van der Waals surface area contributed by atoms with E-state index in [0.717, 1.165) is 47.8 Å². The van der Waals surface area contributed by atoms with Crippen LogP contribution in [-0.2, 0) is 11.2 Å². The maximum atomic E-state index is 12.6. The SMILES string of the molecule is Cc1cc(C)nc(-n2nc(C)c(CC(=O)N3CC[C@@H](C)C3)c2C)n1. The molecule has 1 saturated heterocycles. The molecule has 1 aliphatic heterocycles. The Morgan fingerprint density at radius 3 is 2.46 bits per heavy atom. The van der Waals surface area contributed by atoms with Gasteiger partial charge in [0.25, 0.3) is 5.95 Å². The second kappa shape index (κ2) is 6.34. The molecular formula is C18H25N5O. The molecule has 1 atom stereocenters. The second-order valence-electron chi connectivity index (χ2n) is 6.92. The van der Waals surface area contributed by atoms with Gasteiger partial charge in [-0.3, -0.25) is 4.79 Å². The van der Waals surface area contributed by atoms with E-state index in [1.54, 1.807) is 4.68 Å². The molecule has 0 bridgehead atoms. The first-order chi connectivity index (χ1) is 11.3. The number of aryl methyl sites for hydroxylation is 3. The van der Waals surface area contributed by atoms with Crippen molar-refractivity contribution in [1.29, 1.82) is 0 Å². The molecule has 1 aliphatic rings. The van der Waals surface area contributed by atoms with Crippen molar-refractivity contribution in [3.8, 4) is 5.95 Å². The van der Waals surface area contributed by atoms with Crippen molar-refractivity contribution in [2.24, 2.45) is 5.92 Å². The van der Waals surface area contributed by atoms with Crippen molar-refractivity contribution in [1.82, 2.24) is 24.6 Å². The molecule has 6 heteroatoms. The first-order valence-corrected chi connectivity index (χ1v) is 8.50. The number of rotatable bonds is 3. The third-order valence-corrected chi connectivity index (χ3v) is 4.71. The molecule has 0 unspecified atom stereocenters. The van der Waals surface area contributed by atoms with Crippen LogP contribution in [0, 0.1) is 33.6 Å². The fourth-order valence-corrected chi connectivity index (χ4v) is 3.35. The Bertz CT molecular complexity index is 760. The van der Waals surface area contributed by atoms with Crippen LogP contribution in [0.25, 0.3) is 5.95 Å². The van der Waals surface area contributed by atoms with Gasteiger partial charge in [-0.2, -0.15) is 5.10 Å². The molecule has 6 nitrogen and oxygen atoms in total. The number of carbonyl (C=O) groups is 1. The van der Waals surface area contributed by atoms with Gasteiger partial charge in [-0.15, -0.1) is 0 Å². The molecule has 128 valence electrons. The van der Waals surface area contributed by atoms with Crippen molar-refractivity contribution in [2.45, 2.75) is 47.5 Å². The molecule has 1 amide bonds. The minimum atomic E-state index is 0.187. The van der Waals surface area contributed by atoms with E-state index in [9.17, 15) is 4.79 Å². The summed E-state index contributed by atoms with van der Waals surface area (Å²) in [6, 6.07) is 1.94. The average Bonchev–Trinajstić information content (AvgIpc) is 3.05. The summed E-state index contributed by atoms with van der Waals surface area (Å²) in [6.45, 7) is 11.8. The summed E-state index contributed by atoms with van der Waals surface area (Å²) < 4.78 is 1.75. The van der Waals surface area contributed by atoms with Gasteiger partial charge in [0.15, 0.2) is 0 Å². The number of carbonyl (C=O) groups excluding carboxylic acids is 1. The van der Waals surface area contributed by atoms with E-state index in [-0.39, 0.29) is 5.91 Å². The molecular weight excluding hydrogens is 302 g/mol. The molecule has 1 fully saturated rings. The number of likely N-dealkylation sites (tertiary alicyclic amines) is 1. The maximum Gasteiger partial charge on any atom is 0.251 e. The predicted octanol–water partition coefficient (Wildman–Crippen LogP) is 2.31. The maximum absolute atomic E-state index is 12.6. The van der Waals surface area contributed by atoms with Crippen molar-refractivity contribution in [3.05, 3.63) is 34.4 Å². The Morgan fingerprint density at radius 1 is 1.21 bits per heavy atom. The smallest absolute Gasteiger partial charge is 0.251 e. The summed E-state index contributed by atoms with van der Waals surface area (Å²) in [6.07, 6.45) is 1.49. The summed E-state index contributed by atoms with van der Waals surface area (Å²) in [5, 5.41) is 4.58. The molecule has 24 heavy (non-hydrogen) atoms. The Balaban J connectivity index is 1.88. The zero-order valence-corrected chi connectivity index (χ0v) is 15.1.